The van der Waals surface area contributed by atoms with E-state index >= 15 is 0 Å². The van der Waals surface area contributed by atoms with Crippen LogP contribution in [0.1, 0.15) is 42.0 Å². The second kappa shape index (κ2) is 7.83. The van der Waals surface area contributed by atoms with Gasteiger partial charge in [0.1, 0.15) is 5.82 Å². The Bertz CT molecular complexity index is 684. The van der Waals surface area contributed by atoms with E-state index < -0.39 is 6.10 Å². The lowest BCUT2D eigenvalue weighted by Crippen LogP contribution is -2.30. The third-order valence-corrected chi connectivity index (χ3v) is 3.46. The Morgan fingerprint density at radius 1 is 1.39 bits per heavy atom. The summed E-state index contributed by atoms with van der Waals surface area (Å²) in [6.45, 7) is 5.84. The highest BCUT2D eigenvalue weighted by molar-refractivity contribution is 5.95. The van der Waals surface area contributed by atoms with E-state index in [2.05, 4.69) is 22.2 Å². The van der Waals surface area contributed by atoms with Gasteiger partial charge in [-0.1, -0.05) is 25.5 Å². The Kier molecular flexibility index (Phi) is 5.82. The normalized spacial score (nSPS) is 12.0. The Morgan fingerprint density at radius 3 is 2.87 bits per heavy atom. The first-order valence-corrected chi connectivity index (χ1v) is 7.90. The van der Waals surface area contributed by atoms with Crippen molar-refractivity contribution in [3.63, 3.8) is 0 Å². The molecule has 0 aliphatic rings. The Balaban J connectivity index is 2.33. The molecule has 1 aromatic heterocycles. The van der Waals surface area contributed by atoms with Crippen LogP contribution in [0.25, 0.3) is 11.3 Å². The number of aliphatic hydroxyl groups is 1. The molecule has 0 aliphatic carbocycles. The number of aryl methyl sites for hydroxylation is 2. The molecule has 1 amide bonds. The highest BCUT2D eigenvalue weighted by Crippen LogP contribution is 2.23. The summed E-state index contributed by atoms with van der Waals surface area (Å²) in [5.74, 6) is 0.513. The third kappa shape index (κ3) is 4.60. The van der Waals surface area contributed by atoms with Gasteiger partial charge in [-0.2, -0.15) is 0 Å². The summed E-state index contributed by atoms with van der Waals surface area (Å²) >= 11 is 0. The molecule has 0 fully saturated rings. The van der Waals surface area contributed by atoms with E-state index in [1.807, 2.05) is 31.3 Å². The van der Waals surface area contributed by atoms with Crippen LogP contribution in [0.4, 0.5) is 0 Å². The van der Waals surface area contributed by atoms with Crippen LogP contribution in [-0.4, -0.2) is 33.6 Å². The van der Waals surface area contributed by atoms with Crippen molar-refractivity contribution in [3.8, 4) is 11.3 Å². The number of nitrogens with one attached hydrogen (secondary N) is 1. The first-order chi connectivity index (χ1) is 11.0. The molecule has 0 aliphatic heterocycles. The van der Waals surface area contributed by atoms with E-state index in [1.165, 1.54) is 0 Å². The number of benzene rings is 1. The SMILES string of the molecule is CCCc1cnc(C)nc1-c1cccc(C(=O)NC[C@@H](C)O)c1. The van der Waals surface area contributed by atoms with Crippen LogP contribution in [0.2, 0.25) is 0 Å². The summed E-state index contributed by atoms with van der Waals surface area (Å²) in [7, 11) is 0. The standard InChI is InChI=1S/C18H23N3O2/c1-4-6-16-11-19-13(3)21-17(16)14-7-5-8-15(9-14)18(23)20-10-12(2)22/h5,7-9,11-12,22H,4,6,10H2,1-3H3,(H,20,23)/t12-/m1/s1. The van der Waals surface area contributed by atoms with Crippen molar-refractivity contribution >= 4 is 5.91 Å². The molecule has 1 heterocycles. The molecular formula is C18H23N3O2. The summed E-state index contributed by atoms with van der Waals surface area (Å²) in [5, 5.41) is 12.0. The van der Waals surface area contributed by atoms with Gasteiger partial charge in [-0.15, -0.1) is 0 Å². The number of aliphatic hydroxyl groups excluding tert-OH is 1. The summed E-state index contributed by atoms with van der Waals surface area (Å²) < 4.78 is 0. The van der Waals surface area contributed by atoms with Crippen LogP contribution in [0, 0.1) is 6.92 Å². The molecule has 122 valence electrons. The number of aromatic nitrogens is 2. The molecule has 5 heteroatoms. The quantitative estimate of drug-likeness (QED) is 0.859. The van der Waals surface area contributed by atoms with Crippen LogP contribution in [-0.2, 0) is 6.42 Å². The molecule has 2 N–H and O–H groups in total. The molecule has 1 aromatic carbocycles. The Hall–Kier alpha value is -2.27. The van der Waals surface area contributed by atoms with Crippen molar-refractivity contribution in [1.29, 1.82) is 0 Å². The Labute approximate surface area is 136 Å². The summed E-state index contributed by atoms with van der Waals surface area (Å²) in [6, 6.07) is 7.39. The van der Waals surface area contributed by atoms with Crippen molar-refractivity contribution in [3.05, 3.63) is 47.4 Å². The van der Waals surface area contributed by atoms with E-state index in [1.54, 1.807) is 13.0 Å². The smallest absolute Gasteiger partial charge is 0.251 e. The minimum absolute atomic E-state index is 0.199. The largest absolute Gasteiger partial charge is 0.392 e. The van der Waals surface area contributed by atoms with Gasteiger partial charge in [0.2, 0.25) is 0 Å². The molecule has 0 saturated heterocycles. The molecule has 0 radical (unpaired) electrons. The average molecular weight is 313 g/mol. The van der Waals surface area contributed by atoms with Crippen molar-refractivity contribution in [2.75, 3.05) is 6.54 Å². The molecule has 5 nitrogen and oxygen atoms in total. The molecule has 2 aromatic rings. The highest BCUT2D eigenvalue weighted by atomic mass is 16.3. The zero-order valence-electron chi connectivity index (χ0n) is 13.8. The first kappa shape index (κ1) is 17.1. The van der Waals surface area contributed by atoms with E-state index in [-0.39, 0.29) is 12.5 Å². The zero-order valence-corrected chi connectivity index (χ0v) is 13.8. The second-order valence-corrected chi connectivity index (χ2v) is 5.68. The van der Waals surface area contributed by atoms with Crippen LogP contribution < -0.4 is 5.32 Å². The monoisotopic (exact) mass is 313 g/mol. The maximum Gasteiger partial charge on any atom is 0.251 e. The van der Waals surface area contributed by atoms with Gasteiger partial charge in [0.25, 0.3) is 5.91 Å². The summed E-state index contributed by atoms with van der Waals surface area (Å²) in [6.07, 6.45) is 3.20. The number of carbonyl (C=O) groups is 1. The van der Waals surface area contributed by atoms with E-state index in [9.17, 15) is 9.90 Å². The molecule has 0 bridgehead atoms. The molecule has 0 saturated carbocycles. The number of hydrogen-bond donors (Lipinski definition) is 2. The van der Waals surface area contributed by atoms with Crippen LogP contribution >= 0.6 is 0 Å². The maximum absolute atomic E-state index is 12.2. The van der Waals surface area contributed by atoms with Crippen LogP contribution in [0.5, 0.6) is 0 Å². The fourth-order valence-corrected chi connectivity index (χ4v) is 2.35. The van der Waals surface area contributed by atoms with E-state index in [0.717, 1.165) is 29.7 Å². The van der Waals surface area contributed by atoms with Crippen molar-refractivity contribution < 1.29 is 9.90 Å². The van der Waals surface area contributed by atoms with Gasteiger partial charge in [0, 0.05) is 23.9 Å². The van der Waals surface area contributed by atoms with Gasteiger partial charge in [0.15, 0.2) is 0 Å². The van der Waals surface area contributed by atoms with Gasteiger partial charge in [-0.3, -0.25) is 4.79 Å². The molecule has 23 heavy (non-hydrogen) atoms. The van der Waals surface area contributed by atoms with Gasteiger partial charge >= 0.3 is 0 Å². The van der Waals surface area contributed by atoms with Crippen molar-refractivity contribution in [2.24, 2.45) is 0 Å². The Morgan fingerprint density at radius 2 is 2.17 bits per heavy atom. The molecule has 0 spiro atoms. The number of amides is 1. The zero-order chi connectivity index (χ0) is 16.8. The summed E-state index contributed by atoms with van der Waals surface area (Å²) in [4.78, 5) is 21.0. The van der Waals surface area contributed by atoms with Gasteiger partial charge in [0.05, 0.1) is 11.8 Å². The van der Waals surface area contributed by atoms with Gasteiger partial charge < -0.3 is 10.4 Å². The number of hydrogen-bond acceptors (Lipinski definition) is 4. The molecule has 1 atom stereocenters. The number of carbonyl (C=O) groups excluding carboxylic acids is 1. The van der Waals surface area contributed by atoms with E-state index in [0.29, 0.717) is 11.4 Å². The fourth-order valence-electron chi connectivity index (χ4n) is 2.35. The minimum Gasteiger partial charge on any atom is -0.392 e. The maximum atomic E-state index is 12.2. The highest BCUT2D eigenvalue weighted by Gasteiger charge is 2.11. The fraction of sp³-hybridized carbons (Fsp3) is 0.389. The summed E-state index contributed by atoms with van der Waals surface area (Å²) in [5.41, 5.74) is 3.43. The first-order valence-electron chi connectivity index (χ1n) is 7.90. The van der Waals surface area contributed by atoms with Crippen molar-refractivity contribution in [2.45, 2.75) is 39.7 Å². The van der Waals surface area contributed by atoms with Crippen molar-refractivity contribution in [1.82, 2.24) is 15.3 Å². The molecular weight excluding hydrogens is 290 g/mol. The van der Waals surface area contributed by atoms with E-state index in [4.69, 9.17) is 0 Å². The molecule has 0 unspecified atom stereocenters. The third-order valence-electron chi connectivity index (χ3n) is 3.46. The lowest BCUT2D eigenvalue weighted by atomic mass is 10.0. The predicted octanol–water partition coefficient (Wildman–Crippen LogP) is 2.52. The molecule has 2 rings (SSSR count). The van der Waals surface area contributed by atoms with Gasteiger partial charge in [-0.25, -0.2) is 9.97 Å². The number of rotatable bonds is 6. The van der Waals surface area contributed by atoms with Crippen LogP contribution in [0.3, 0.4) is 0 Å². The number of nitrogens with zero attached hydrogens (tertiary/aromatic N) is 2. The topological polar surface area (TPSA) is 75.1 Å². The average Bonchev–Trinajstić information content (AvgIpc) is 2.54. The van der Waals surface area contributed by atoms with Crippen LogP contribution in [0.15, 0.2) is 30.5 Å². The lowest BCUT2D eigenvalue weighted by Gasteiger charge is -2.11. The minimum atomic E-state index is -0.567. The van der Waals surface area contributed by atoms with Gasteiger partial charge in [-0.05, 0) is 38.0 Å². The second-order valence-electron chi connectivity index (χ2n) is 5.68. The predicted molar refractivity (Wildman–Crippen MR) is 90.2 cm³/mol. The lowest BCUT2D eigenvalue weighted by molar-refractivity contribution is 0.0924.